The molecule has 0 saturated heterocycles. The lowest BCUT2D eigenvalue weighted by Gasteiger charge is -2.09. The number of aromatic hydroxyl groups is 1. The van der Waals surface area contributed by atoms with Gasteiger partial charge in [-0.25, -0.2) is 0 Å². The number of phenolic OH excluding ortho intramolecular Hbond substituents is 1. The smallest absolute Gasteiger partial charge is 0.163 e. The Kier molecular flexibility index (Phi) is 2.46. The molecule has 2 rings (SSSR count). The number of benzene rings is 1. The molecule has 84 valence electrons. The van der Waals surface area contributed by atoms with Crippen molar-refractivity contribution in [1.29, 1.82) is 0 Å². The minimum atomic E-state index is -0.140. The summed E-state index contributed by atoms with van der Waals surface area (Å²) in [6, 6.07) is 3.21. The minimum Gasteiger partial charge on any atom is -0.507 e. The number of carbonyl (C=O) groups excluding carboxylic acids is 1. The Labute approximate surface area is 94.4 Å². The third-order valence-corrected chi connectivity index (χ3v) is 2.78. The van der Waals surface area contributed by atoms with Crippen LogP contribution < -0.4 is 4.74 Å². The normalized spacial score (nSPS) is 17.8. The largest absolute Gasteiger partial charge is 0.507 e. The topological polar surface area (TPSA) is 46.5 Å². The van der Waals surface area contributed by atoms with Crippen molar-refractivity contribution in [3.8, 4) is 11.5 Å². The zero-order chi connectivity index (χ0) is 11.9. The van der Waals surface area contributed by atoms with Crippen LogP contribution >= 0.6 is 0 Å². The van der Waals surface area contributed by atoms with Gasteiger partial charge in [-0.3, -0.25) is 4.79 Å². The summed E-state index contributed by atoms with van der Waals surface area (Å²) in [5.41, 5.74) is 2.25. The van der Waals surface area contributed by atoms with Crippen LogP contribution in [0, 0.1) is 0 Å². The third-order valence-electron chi connectivity index (χ3n) is 2.78. The van der Waals surface area contributed by atoms with Gasteiger partial charge in [-0.2, -0.15) is 0 Å². The molecule has 0 bridgehead atoms. The molecular weight excluding hydrogens is 204 g/mol. The molecule has 1 N–H and O–H groups in total. The van der Waals surface area contributed by atoms with Crippen LogP contribution in [0.15, 0.2) is 24.3 Å². The predicted molar refractivity (Wildman–Crippen MR) is 61.0 cm³/mol. The second-order valence-electron chi connectivity index (χ2n) is 4.19. The third kappa shape index (κ3) is 1.69. The quantitative estimate of drug-likeness (QED) is 0.612. The number of ether oxygens (including phenoxy) is 1. The number of ketones is 1. The fourth-order valence-corrected chi connectivity index (χ4v) is 1.83. The molecule has 1 aromatic carbocycles. The van der Waals surface area contributed by atoms with E-state index in [0.717, 1.165) is 11.1 Å². The Bertz CT molecular complexity index is 474. The highest BCUT2D eigenvalue weighted by atomic mass is 16.5. The molecule has 0 radical (unpaired) electrons. The number of phenols is 1. The van der Waals surface area contributed by atoms with Crippen LogP contribution in [0.1, 0.15) is 29.8 Å². The Morgan fingerprint density at radius 2 is 2.19 bits per heavy atom. The lowest BCUT2D eigenvalue weighted by molar-refractivity contribution is 0.101. The number of carbonyl (C=O) groups is 1. The van der Waals surface area contributed by atoms with Gasteiger partial charge in [0, 0.05) is 12.5 Å². The van der Waals surface area contributed by atoms with E-state index in [0.29, 0.717) is 17.7 Å². The Morgan fingerprint density at radius 1 is 1.50 bits per heavy atom. The molecule has 0 fully saturated rings. The molecular formula is C13H14O3. The second kappa shape index (κ2) is 3.67. The maximum absolute atomic E-state index is 11.3. The molecule has 1 aliphatic rings. The first-order chi connectivity index (χ1) is 7.49. The summed E-state index contributed by atoms with van der Waals surface area (Å²) < 4.78 is 5.61. The molecule has 0 amide bonds. The molecule has 0 spiro atoms. The van der Waals surface area contributed by atoms with Gasteiger partial charge in [0.25, 0.3) is 0 Å². The van der Waals surface area contributed by atoms with Gasteiger partial charge < -0.3 is 9.84 Å². The molecule has 0 aliphatic carbocycles. The van der Waals surface area contributed by atoms with E-state index in [1.54, 1.807) is 6.07 Å². The second-order valence-corrected chi connectivity index (χ2v) is 4.19. The van der Waals surface area contributed by atoms with E-state index in [9.17, 15) is 9.90 Å². The molecule has 3 nitrogen and oxygen atoms in total. The standard InChI is InChI=1S/C13H14O3/c1-7(2)12-5-9-4-10(8(3)14)11(15)6-13(9)16-12/h4,6,12,15H,1,5H2,2-3H3/t12-/m0/s1. The maximum Gasteiger partial charge on any atom is 0.163 e. The van der Waals surface area contributed by atoms with Gasteiger partial charge in [0.1, 0.15) is 17.6 Å². The summed E-state index contributed by atoms with van der Waals surface area (Å²) in [5, 5.41) is 9.65. The first-order valence-electron chi connectivity index (χ1n) is 5.18. The summed E-state index contributed by atoms with van der Waals surface area (Å²) in [5.74, 6) is 0.489. The Hall–Kier alpha value is -1.77. The van der Waals surface area contributed by atoms with Crippen LogP contribution in [0.4, 0.5) is 0 Å². The molecule has 1 heterocycles. The van der Waals surface area contributed by atoms with Gasteiger partial charge in [0.15, 0.2) is 5.78 Å². The highest BCUT2D eigenvalue weighted by Gasteiger charge is 2.25. The zero-order valence-corrected chi connectivity index (χ0v) is 9.41. The van der Waals surface area contributed by atoms with Crippen molar-refractivity contribution in [3.05, 3.63) is 35.4 Å². The zero-order valence-electron chi connectivity index (χ0n) is 9.41. The maximum atomic E-state index is 11.3. The fourth-order valence-electron chi connectivity index (χ4n) is 1.83. The van der Waals surface area contributed by atoms with Crippen molar-refractivity contribution < 1.29 is 14.6 Å². The van der Waals surface area contributed by atoms with E-state index < -0.39 is 0 Å². The monoisotopic (exact) mass is 218 g/mol. The van der Waals surface area contributed by atoms with Crippen molar-refractivity contribution in [2.24, 2.45) is 0 Å². The molecule has 0 aromatic heterocycles. The molecule has 0 saturated carbocycles. The van der Waals surface area contributed by atoms with E-state index in [-0.39, 0.29) is 17.6 Å². The highest BCUT2D eigenvalue weighted by Crippen LogP contribution is 2.36. The van der Waals surface area contributed by atoms with Crippen LogP contribution in [0.25, 0.3) is 0 Å². The van der Waals surface area contributed by atoms with Gasteiger partial charge in [-0.15, -0.1) is 0 Å². The average Bonchev–Trinajstić information content (AvgIpc) is 2.58. The predicted octanol–water partition coefficient (Wildman–Crippen LogP) is 2.47. The van der Waals surface area contributed by atoms with Crippen molar-refractivity contribution in [1.82, 2.24) is 0 Å². The van der Waals surface area contributed by atoms with E-state index in [1.165, 1.54) is 13.0 Å². The summed E-state index contributed by atoms with van der Waals surface area (Å²) in [6.45, 7) is 7.19. The van der Waals surface area contributed by atoms with E-state index in [1.807, 2.05) is 6.92 Å². The molecule has 1 aromatic rings. The number of hydrogen-bond acceptors (Lipinski definition) is 3. The van der Waals surface area contributed by atoms with Crippen molar-refractivity contribution in [2.75, 3.05) is 0 Å². The highest BCUT2D eigenvalue weighted by molar-refractivity contribution is 5.97. The molecule has 1 atom stereocenters. The summed E-state index contributed by atoms with van der Waals surface area (Å²) in [7, 11) is 0. The van der Waals surface area contributed by atoms with Crippen LogP contribution in [0.2, 0.25) is 0 Å². The molecule has 0 unspecified atom stereocenters. The fraction of sp³-hybridized carbons (Fsp3) is 0.308. The van der Waals surface area contributed by atoms with Crippen molar-refractivity contribution in [3.63, 3.8) is 0 Å². The van der Waals surface area contributed by atoms with Gasteiger partial charge in [0.2, 0.25) is 0 Å². The van der Waals surface area contributed by atoms with E-state index >= 15 is 0 Å². The lowest BCUT2D eigenvalue weighted by atomic mass is 10.0. The number of Topliss-reactive ketones (excluding diaryl/α,β-unsaturated/α-hetero) is 1. The molecule has 3 heteroatoms. The first-order valence-corrected chi connectivity index (χ1v) is 5.18. The minimum absolute atomic E-state index is 0.0198. The lowest BCUT2D eigenvalue weighted by Crippen LogP contribution is -2.13. The first kappa shape index (κ1) is 10.7. The van der Waals surface area contributed by atoms with Crippen molar-refractivity contribution >= 4 is 5.78 Å². The molecule has 16 heavy (non-hydrogen) atoms. The van der Waals surface area contributed by atoms with Gasteiger partial charge in [-0.05, 0) is 31.1 Å². The SMILES string of the molecule is C=C(C)[C@@H]1Cc2cc(C(C)=O)c(O)cc2O1. The van der Waals surface area contributed by atoms with Gasteiger partial charge >= 0.3 is 0 Å². The van der Waals surface area contributed by atoms with Crippen LogP contribution in [0.3, 0.4) is 0 Å². The number of hydrogen-bond donors (Lipinski definition) is 1. The Morgan fingerprint density at radius 3 is 2.75 bits per heavy atom. The van der Waals surface area contributed by atoms with Gasteiger partial charge in [0.05, 0.1) is 5.56 Å². The summed E-state index contributed by atoms with van der Waals surface area (Å²) in [6.07, 6.45) is 0.669. The Balaban J connectivity index is 2.40. The number of rotatable bonds is 2. The van der Waals surface area contributed by atoms with Crippen LogP contribution in [-0.4, -0.2) is 17.0 Å². The summed E-state index contributed by atoms with van der Waals surface area (Å²) in [4.78, 5) is 11.3. The average molecular weight is 218 g/mol. The van der Waals surface area contributed by atoms with Crippen LogP contribution in [-0.2, 0) is 6.42 Å². The van der Waals surface area contributed by atoms with Gasteiger partial charge in [-0.1, -0.05) is 6.58 Å². The van der Waals surface area contributed by atoms with Crippen molar-refractivity contribution in [2.45, 2.75) is 26.4 Å². The molecule has 1 aliphatic heterocycles. The van der Waals surface area contributed by atoms with E-state index in [2.05, 4.69) is 6.58 Å². The number of fused-ring (bicyclic) bond motifs is 1. The summed E-state index contributed by atoms with van der Waals surface area (Å²) >= 11 is 0. The van der Waals surface area contributed by atoms with Crippen LogP contribution in [0.5, 0.6) is 11.5 Å². The van der Waals surface area contributed by atoms with E-state index in [4.69, 9.17) is 4.74 Å².